The standard InChI is InChI=1S/C22H35ClN16O3/c1-11(2)28-21(42)29-13-4-3-12(9-27-13)19(41)38-7-5-22(6-8-38)10-39(26)20(33-22)32-18(40)14-16(34-36-24)31-17(35-37-25)15(23)30-14/h3-4,9,11,14,16,20,30-31,33H,5-8,10,26H2,1-2H3,(H2,24,34)(H2,25,35)(H,32,40)(H2,27,28,29,42). The van der Waals surface area contributed by atoms with Gasteiger partial charge in [-0.05, 0) is 38.8 Å². The molecular formula is C22H35ClN16O3. The van der Waals surface area contributed by atoms with Crippen LogP contribution in [0.15, 0.2) is 50.0 Å². The van der Waals surface area contributed by atoms with Crippen molar-refractivity contribution in [3.05, 3.63) is 34.9 Å². The molecule has 0 aliphatic carbocycles. The fraction of sp³-hybridized carbons (Fsp3) is 0.545. The van der Waals surface area contributed by atoms with Gasteiger partial charge in [0.1, 0.15) is 23.3 Å². The fourth-order valence-electron chi connectivity index (χ4n) is 4.91. The van der Waals surface area contributed by atoms with E-state index >= 15 is 0 Å². The van der Waals surface area contributed by atoms with E-state index < -0.39 is 29.9 Å². The smallest absolute Gasteiger partial charge is 0.320 e. The molecular weight excluding hydrogens is 572 g/mol. The van der Waals surface area contributed by atoms with Gasteiger partial charge in [-0.2, -0.15) is 0 Å². The lowest BCUT2D eigenvalue weighted by Gasteiger charge is -2.39. The zero-order valence-corrected chi connectivity index (χ0v) is 23.8. The zero-order chi connectivity index (χ0) is 30.4. The number of amides is 4. The van der Waals surface area contributed by atoms with E-state index in [9.17, 15) is 14.4 Å². The summed E-state index contributed by atoms with van der Waals surface area (Å²) >= 11 is 6.16. The second-order valence-electron chi connectivity index (χ2n) is 10.3. The first-order chi connectivity index (χ1) is 20.0. The molecule has 3 atom stereocenters. The number of aromatic nitrogens is 1. The summed E-state index contributed by atoms with van der Waals surface area (Å²) < 4.78 is 0. The van der Waals surface area contributed by atoms with E-state index in [0.29, 0.717) is 43.9 Å². The zero-order valence-electron chi connectivity index (χ0n) is 23.0. The van der Waals surface area contributed by atoms with E-state index in [1.807, 2.05) is 13.8 Å². The summed E-state index contributed by atoms with van der Waals surface area (Å²) in [5.74, 6) is 16.3. The fourth-order valence-corrected chi connectivity index (χ4v) is 5.12. The number of nitrogens with two attached hydrogens (primary N) is 3. The number of hydrogen-bond donors (Lipinski definition) is 9. The van der Waals surface area contributed by atoms with Crippen LogP contribution in [0, 0.1) is 0 Å². The van der Waals surface area contributed by atoms with Crippen molar-refractivity contribution in [2.75, 3.05) is 25.0 Å². The van der Waals surface area contributed by atoms with Crippen LogP contribution in [0.2, 0.25) is 0 Å². The van der Waals surface area contributed by atoms with Crippen LogP contribution in [0.4, 0.5) is 10.6 Å². The van der Waals surface area contributed by atoms with E-state index in [2.05, 4.69) is 57.6 Å². The Morgan fingerprint density at radius 3 is 2.52 bits per heavy atom. The Labute approximate surface area is 246 Å². The van der Waals surface area contributed by atoms with Crippen molar-refractivity contribution >= 4 is 35.3 Å². The number of urea groups is 1. The number of likely N-dealkylation sites (tertiary alicyclic amines) is 1. The van der Waals surface area contributed by atoms with Gasteiger partial charge in [0.25, 0.3) is 5.91 Å². The predicted octanol–water partition coefficient (Wildman–Crippen LogP) is -1.33. The second kappa shape index (κ2) is 13.1. The van der Waals surface area contributed by atoms with E-state index in [0.717, 1.165) is 0 Å². The number of nitrogens with one attached hydrogen (secondary N) is 6. The third-order valence-corrected chi connectivity index (χ3v) is 7.23. The Balaban J connectivity index is 1.32. The Kier molecular flexibility index (Phi) is 9.55. The number of carbonyl (C=O) groups excluding carboxylic acids is 3. The minimum atomic E-state index is -1.01. The number of rotatable bonds is 7. The summed E-state index contributed by atoms with van der Waals surface area (Å²) in [6.45, 7) is 5.05. The molecule has 1 spiro atoms. The van der Waals surface area contributed by atoms with E-state index in [1.54, 1.807) is 17.0 Å². The molecule has 0 bridgehead atoms. The molecule has 12 N–H and O–H groups in total. The average molecular weight is 607 g/mol. The van der Waals surface area contributed by atoms with Crippen LogP contribution in [-0.2, 0) is 4.79 Å². The lowest BCUT2D eigenvalue weighted by molar-refractivity contribution is -0.125. The predicted molar refractivity (Wildman–Crippen MR) is 150 cm³/mol. The molecule has 4 heterocycles. The molecule has 3 unspecified atom stereocenters. The Morgan fingerprint density at radius 1 is 1.17 bits per heavy atom. The van der Waals surface area contributed by atoms with Gasteiger partial charge >= 0.3 is 6.03 Å². The van der Waals surface area contributed by atoms with Crippen molar-refractivity contribution in [2.45, 2.75) is 56.8 Å². The van der Waals surface area contributed by atoms with Crippen LogP contribution in [0.3, 0.4) is 0 Å². The number of halogens is 1. The highest BCUT2D eigenvalue weighted by Crippen LogP contribution is 2.29. The van der Waals surface area contributed by atoms with Crippen LogP contribution in [0.1, 0.15) is 37.0 Å². The minimum absolute atomic E-state index is 0.00282. The van der Waals surface area contributed by atoms with Crippen molar-refractivity contribution in [2.24, 2.45) is 38.2 Å². The highest BCUT2D eigenvalue weighted by molar-refractivity contribution is 6.29. The number of hydrogen-bond acceptors (Lipinski definition) is 13. The maximum absolute atomic E-state index is 13.2. The first-order valence-corrected chi connectivity index (χ1v) is 13.5. The second-order valence-corrected chi connectivity index (χ2v) is 10.7. The van der Waals surface area contributed by atoms with Crippen LogP contribution in [-0.4, -0.2) is 82.5 Å². The molecule has 4 rings (SSSR count). The molecule has 42 heavy (non-hydrogen) atoms. The quantitative estimate of drug-likeness (QED) is 0.0758. The molecule has 0 aromatic carbocycles. The minimum Gasteiger partial charge on any atom is -0.358 e. The number of piperidine rings is 1. The Bertz CT molecular complexity index is 1250. The maximum Gasteiger partial charge on any atom is 0.320 e. The number of anilines is 1. The largest absolute Gasteiger partial charge is 0.358 e. The summed E-state index contributed by atoms with van der Waals surface area (Å²) in [5.41, 5.74) is -0.0209. The van der Waals surface area contributed by atoms with Crippen LogP contribution in [0.25, 0.3) is 0 Å². The van der Waals surface area contributed by atoms with E-state index in [1.165, 1.54) is 11.2 Å². The van der Waals surface area contributed by atoms with Gasteiger partial charge in [-0.15, -0.1) is 10.2 Å². The van der Waals surface area contributed by atoms with Crippen molar-refractivity contribution in [3.8, 4) is 0 Å². The van der Waals surface area contributed by atoms with Gasteiger partial charge in [0, 0.05) is 37.4 Å². The first-order valence-electron chi connectivity index (χ1n) is 13.1. The van der Waals surface area contributed by atoms with Gasteiger partial charge in [0.15, 0.2) is 12.0 Å². The Morgan fingerprint density at radius 2 is 1.90 bits per heavy atom. The first kappa shape index (κ1) is 30.6. The summed E-state index contributed by atoms with van der Waals surface area (Å²) in [4.78, 5) is 44.1. The van der Waals surface area contributed by atoms with Gasteiger partial charge < -0.3 is 37.9 Å². The van der Waals surface area contributed by atoms with Crippen molar-refractivity contribution in [1.82, 2.24) is 41.5 Å². The normalized spacial score (nSPS) is 24.2. The molecule has 1 aromatic rings. The maximum atomic E-state index is 13.2. The monoisotopic (exact) mass is 606 g/mol. The molecule has 2 fully saturated rings. The van der Waals surface area contributed by atoms with Gasteiger partial charge in [0.05, 0.1) is 5.56 Å². The molecule has 3 aliphatic rings. The molecule has 0 radical (unpaired) electrons. The van der Waals surface area contributed by atoms with E-state index in [-0.39, 0.29) is 29.0 Å². The molecule has 228 valence electrons. The third kappa shape index (κ3) is 7.11. The summed E-state index contributed by atoms with van der Waals surface area (Å²) in [6.07, 6.45) is 0.966. The molecule has 4 amide bonds. The van der Waals surface area contributed by atoms with Crippen LogP contribution >= 0.6 is 11.6 Å². The Hall–Kier alpha value is -4.33. The van der Waals surface area contributed by atoms with Crippen LogP contribution in [0.5, 0.6) is 0 Å². The molecule has 2 saturated heterocycles. The van der Waals surface area contributed by atoms with Crippen LogP contribution < -0.4 is 49.4 Å². The van der Waals surface area contributed by atoms with Gasteiger partial charge in [-0.3, -0.25) is 26.1 Å². The number of hydrazine groups is 1. The average Bonchev–Trinajstić information content (AvgIpc) is 3.24. The molecule has 3 aliphatic heterocycles. The van der Waals surface area contributed by atoms with Crippen molar-refractivity contribution in [1.29, 1.82) is 0 Å². The molecule has 0 saturated carbocycles. The molecule has 19 nitrogen and oxygen atoms in total. The topological polar surface area (TPSA) is 270 Å². The number of carbonyl (C=O) groups is 3. The van der Waals surface area contributed by atoms with Crippen molar-refractivity contribution < 1.29 is 14.4 Å². The lowest BCUT2D eigenvalue weighted by Crippen LogP contribution is -2.63. The third-order valence-electron chi connectivity index (χ3n) is 6.94. The van der Waals surface area contributed by atoms with Gasteiger partial charge in [-0.1, -0.05) is 22.0 Å². The molecule has 1 aromatic heterocycles. The number of pyridine rings is 1. The van der Waals surface area contributed by atoms with E-state index in [4.69, 9.17) is 29.1 Å². The number of nitrogens with zero attached hydrogens (tertiary/aromatic N) is 7. The summed E-state index contributed by atoms with van der Waals surface area (Å²) in [7, 11) is 0. The summed E-state index contributed by atoms with van der Waals surface area (Å²) in [5, 5.41) is 32.5. The summed E-state index contributed by atoms with van der Waals surface area (Å²) in [6, 6.07) is 1.81. The SMILES string of the molecule is CC(C)NC(=O)Nc1ccc(C(=O)N2CCC3(CC2)CN(N)C(NC(=O)C2NC(Cl)=C(N=NN)NC2N=NN)N3)cn1. The van der Waals surface area contributed by atoms with Gasteiger partial charge in [-0.25, -0.2) is 14.8 Å². The lowest BCUT2D eigenvalue weighted by atomic mass is 9.88. The molecule has 20 heteroatoms. The van der Waals surface area contributed by atoms with Crippen molar-refractivity contribution in [3.63, 3.8) is 0 Å². The highest BCUT2D eigenvalue weighted by Gasteiger charge is 2.46. The highest BCUT2D eigenvalue weighted by atomic mass is 35.5. The van der Waals surface area contributed by atoms with Gasteiger partial charge in [0.2, 0.25) is 5.91 Å².